The first-order valence-corrected chi connectivity index (χ1v) is 7.30. The molecule has 0 amide bonds. The highest BCUT2D eigenvalue weighted by atomic mass is 35.5. The van der Waals surface area contributed by atoms with Gasteiger partial charge >= 0.3 is 0 Å². The Bertz CT molecular complexity index is 373. The van der Waals surface area contributed by atoms with Crippen LogP contribution in [0, 0.1) is 5.82 Å². The fourth-order valence-corrected chi connectivity index (χ4v) is 2.21. The highest BCUT2D eigenvalue weighted by Crippen LogP contribution is 2.21. The standard InChI is InChI=1S/C15H23ClFNO/c1-3-9-19-10-8-13(18-4-2)11-12-6-5-7-14(17)15(12)16/h5-7,13,18H,3-4,8-11H2,1-2H3. The van der Waals surface area contributed by atoms with Gasteiger partial charge in [-0.1, -0.05) is 37.6 Å². The van der Waals surface area contributed by atoms with E-state index in [2.05, 4.69) is 19.2 Å². The molecule has 108 valence electrons. The summed E-state index contributed by atoms with van der Waals surface area (Å²) in [6.07, 6.45) is 2.65. The van der Waals surface area contributed by atoms with Gasteiger partial charge in [0.1, 0.15) is 5.82 Å². The molecule has 1 aromatic carbocycles. The van der Waals surface area contributed by atoms with Crippen LogP contribution in [0.25, 0.3) is 0 Å². The molecule has 4 heteroatoms. The van der Waals surface area contributed by atoms with E-state index in [1.807, 2.05) is 6.07 Å². The molecule has 0 aliphatic heterocycles. The van der Waals surface area contributed by atoms with Crippen LogP contribution in [0.2, 0.25) is 5.02 Å². The molecular weight excluding hydrogens is 265 g/mol. The monoisotopic (exact) mass is 287 g/mol. The summed E-state index contributed by atoms with van der Waals surface area (Å²) in [4.78, 5) is 0. The number of hydrogen-bond acceptors (Lipinski definition) is 2. The molecule has 0 aliphatic rings. The number of benzene rings is 1. The highest BCUT2D eigenvalue weighted by molar-refractivity contribution is 6.31. The van der Waals surface area contributed by atoms with Crippen molar-refractivity contribution in [3.63, 3.8) is 0 Å². The Hall–Kier alpha value is -0.640. The van der Waals surface area contributed by atoms with E-state index < -0.39 is 0 Å². The predicted molar refractivity (Wildman–Crippen MR) is 78.3 cm³/mol. The summed E-state index contributed by atoms with van der Waals surface area (Å²) in [7, 11) is 0. The van der Waals surface area contributed by atoms with Crippen LogP contribution in [0.4, 0.5) is 4.39 Å². The summed E-state index contributed by atoms with van der Waals surface area (Å²) >= 11 is 5.99. The second-order valence-corrected chi connectivity index (χ2v) is 4.95. The van der Waals surface area contributed by atoms with Crippen LogP contribution in [-0.2, 0) is 11.2 Å². The topological polar surface area (TPSA) is 21.3 Å². The third-order valence-corrected chi connectivity index (χ3v) is 3.37. The van der Waals surface area contributed by atoms with Gasteiger partial charge in [-0.15, -0.1) is 0 Å². The third-order valence-electron chi connectivity index (χ3n) is 2.95. The van der Waals surface area contributed by atoms with Crippen molar-refractivity contribution in [1.82, 2.24) is 5.32 Å². The van der Waals surface area contributed by atoms with Gasteiger partial charge in [0.15, 0.2) is 0 Å². The van der Waals surface area contributed by atoms with E-state index in [1.54, 1.807) is 6.07 Å². The van der Waals surface area contributed by atoms with Crippen LogP contribution in [0.5, 0.6) is 0 Å². The normalized spacial score (nSPS) is 12.6. The van der Waals surface area contributed by atoms with Crippen molar-refractivity contribution in [3.05, 3.63) is 34.6 Å². The first-order chi connectivity index (χ1) is 9.19. The number of hydrogen-bond donors (Lipinski definition) is 1. The third kappa shape index (κ3) is 5.89. The molecule has 0 radical (unpaired) electrons. The largest absolute Gasteiger partial charge is 0.381 e. The molecule has 0 aliphatic carbocycles. The van der Waals surface area contributed by atoms with E-state index in [0.717, 1.165) is 44.6 Å². The Morgan fingerprint density at radius 1 is 1.32 bits per heavy atom. The van der Waals surface area contributed by atoms with Gasteiger partial charge in [-0.2, -0.15) is 0 Å². The number of nitrogens with one attached hydrogen (secondary N) is 1. The van der Waals surface area contributed by atoms with Gasteiger partial charge in [-0.05, 0) is 37.4 Å². The first kappa shape index (κ1) is 16.4. The predicted octanol–water partition coefficient (Wildman–Crippen LogP) is 3.82. The van der Waals surface area contributed by atoms with Crippen LogP contribution in [0.15, 0.2) is 18.2 Å². The average molecular weight is 288 g/mol. The average Bonchev–Trinajstić information content (AvgIpc) is 2.40. The molecule has 0 saturated heterocycles. The van der Waals surface area contributed by atoms with E-state index in [-0.39, 0.29) is 16.9 Å². The van der Waals surface area contributed by atoms with Gasteiger partial charge in [-0.3, -0.25) is 0 Å². The number of ether oxygens (including phenoxy) is 1. The summed E-state index contributed by atoms with van der Waals surface area (Å²) in [6, 6.07) is 5.23. The molecule has 0 bridgehead atoms. The van der Waals surface area contributed by atoms with Crippen molar-refractivity contribution in [2.24, 2.45) is 0 Å². The molecule has 1 aromatic rings. The van der Waals surface area contributed by atoms with E-state index in [9.17, 15) is 4.39 Å². The Labute approximate surface area is 120 Å². The highest BCUT2D eigenvalue weighted by Gasteiger charge is 2.12. The van der Waals surface area contributed by atoms with Gasteiger partial charge in [0.05, 0.1) is 5.02 Å². The maximum atomic E-state index is 13.4. The lowest BCUT2D eigenvalue weighted by atomic mass is 10.0. The van der Waals surface area contributed by atoms with Gasteiger partial charge in [0.2, 0.25) is 0 Å². The fourth-order valence-electron chi connectivity index (χ4n) is 2.01. The van der Waals surface area contributed by atoms with Crippen LogP contribution < -0.4 is 5.32 Å². The number of halogens is 2. The van der Waals surface area contributed by atoms with Crippen molar-refractivity contribution in [3.8, 4) is 0 Å². The molecule has 0 heterocycles. The van der Waals surface area contributed by atoms with Crippen LogP contribution >= 0.6 is 11.6 Å². The summed E-state index contributed by atoms with van der Waals surface area (Å²) < 4.78 is 18.9. The van der Waals surface area contributed by atoms with E-state index in [0.29, 0.717) is 0 Å². The smallest absolute Gasteiger partial charge is 0.142 e. The lowest BCUT2D eigenvalue weighted by Crippen LogP contribution is -2.32. The quantitative estimate of drug-likeness (QED) is 0.697. The molecule has 1 rings (SSSR count). The van der Waals surface area contributed by atoms with Gasteiger partial charge in [-0.25, -0.2) is 4.39 Å². The maximum absolute atomic E-state index is 13.4. The Morgan fingerprint density at radius 3 is 2.79 bits per heavy atom. The molecule has 0 aromatic heterocycles. The zero-order valence-electron chi connectivity index (χ0n) is 11.7. The van der Waals surface area contributed by atoms with Gasteiger partial charge in [0.25, 0.3) is 0 Å². The van der Waals surface area contributed by atoms with E-state index in [1.165, 1.54) is 6.07 Å². The van der Waals surface area contributed by atoms with E-state index in [4.69, 9.17) is 16.3 Å². The second kappa shape index (κ2) is 9.29. The molecule has 2 nitrogen and oxygen atoms in total. The lowest BCUT2D eigenvalue weighted by Gasteiger charge is -2.18. The molecule has 19 heavy (non-hydrogen) atoms. The van der Waals surface area contributed by atoms with Crippen molar-refractivity contribution in [1.29, 1.82) is 0 Å². The summed E-state index contributed by atoms with van der Waals surface area (Å²) in [5.41, 5.74) is 0.850. The van der Waals surface area contributed by atoms with Crippen LogP contribution in [-0.4, -0.2) is 25.8 Å². The second-order valence-electron chi connectivity index (χ2n) is 4.57. The lowest BCUT2D eigenvalue weighted by molar-refractivity contribution is 0.124. The SMILES string of the molecule is CCCOCCC(Cc1cccc(F)c1Cl)NCC. The fraction of sp³-hybridized carbons (Fsp3) is 0.600. The summed E-state index contributed by atoms with van der Waals surface area (Å²) in [5, 5.41) is 3.63. The van der Waals surface area contributed by atoms with Crippen LogP contribution in [0.1, 0.15) is 32.3 Å². The number of rotatable bonds is 9. The van der Waals surface area contributed by atoms with Gasteiger partial charge < -0.3 is 10.1 Å². The Morgan fingerprint density at radius 2 is 2.11 bits per heavy atom. The number of likely N-dealkylation sites (N-methyl/N-ethyl adjacent to an activating group) is 1. The van der Waals surface area contributed by atoms with Gasteiger partial charge in [0, 0.05) is 19.3 Å². The summed E-state index contributed by atoms with van der Waals surface area (Å²) in [6.45, 7) is 6.55. The molecular formula is C15H23ClFNO. The minimum Gasteiger partial charge on any atom is -0.381 e. The van der Waals surface area contributed by atoms with Crippen molar-refractivity contribution >= 4 is 11.6 Å². The zero-order valence-corrected chi connectivity index (χ0v) is 12.5. The van der Waals surface area contributed by atoms with Crippen molar-refractivity contribution in [2.75, 3.05) is 19.8 Å². The minimum atomic E-state index is -0.350. The first-order valence-electron chi connectivity index (χ1n) is 6.93. The summed E-state index contributed by atoms with van der Waals surface area (Å²) in [5.74, 6) is -0.350. The Balaban J connectivity index is 2.54. The van der Waals surface area contributed by atoms with Crippen LogP contribution in [0.3, 0.4) is 0 Å². The van der Waals surface area contributed by atoms with E-state index >= 15 is 0 Å². The molecule has 1 atom stereocenters. The molecule has 0 saturated carbocycles. The maximum Gasteiger partial charge on any atom is 0.142 e. The van der Waals surface area contributed by atoms with Crippen molar-refractivity contribution in [2.45, 2.75) is 39.2 Å². The minimum absolute atomic E-state index is 0.236. The van der Waals surface area contributed by atoms with Crippen molar-refractivity contribution < 1.29 is 9.13 Å². The Kier molecular flexibility index (Phi) is 8.03. The molecule has 1 N–H and O–H groups in total. The molecule has 0 spiro atoms. The zero-order chi connectivity index (χ0) is 14.1. The molecule has 0 fully saturated rings. The molecule has 1 unspecified atom stereocenters.